The molecule has 1 heterocycles. The van der Waals surface area contributed by atoms with E-state index in [1.165, 1.54) is 25.7 Å². The molecule has 1 aliphatic rings. The van der Waals surface area contributed by atoms with Gasteiger partial charge in [-0.15, -0.1) is 0 Å². The highest BCUT2D eigenvalue weighted by Gasteiger charge is 2.45. The lowest BCUT2D eigenvalue weighted by molar-refractivity contribution is -0.0702. The van der Waals surface area contributed by atoms with E-state index in [-0.39, 0.29) is 11.2 Å². The van der Waals surface area contributed by atoms with Crippen LogP contribution in [0, 0.1) is 5.41 Å². The molecule has 1 fully saturated rings. The quantitative estimate of drug-likeness (QED) is 0.686. The Morgan fingerprint density at radius 2 is 1.79 bits per heavy atom. The predicted molar refractivity (Wildman–Crippen MR) is 83.6 cm³/mol. The number of nitrogens with one attached hydrogen (secondary N) is 1. The molecule has 1 N–H and O–H groups in total. The minimum absolute atomic E-state index is 0.00746. The third kappa shape index (κ3) is 5.43. The Labute approximate surface area is 120 Å². The van der Waals surface area contributed by atoms with Crippen LogP contribution in [-0.4, -0.2) is 23.8 Å². The average Bonchev–Trinajstić information content (AvgIpc) is 2.44. The summed E-state index contributed by atoms with van der Waals surface area (Å²) in [5.41, 5.74) is 0.342. The second-order valence-corrected chi connectivity index (χ2v) is 8.22. The molecular weight excluding hydrogens is 234 g/mol. The van der Waals surface area contributed by atoms with Crippen molar-refractivity contribution in [1.82, 2.24) is 5.32 Å². The van der Waals surface area contributed by atoms with Gasteiger partial charge in [0, 0.05) is 12.6 Å². The highest BCUT2D eigenvalue weighted by Crippen LogP contribution is 2.37. The summed E-state index contributed by atoms with van der Waals surface area (Å²) in [5, 5.41) is 3.77. The standard InChI is InChI=1S/C17H35NO/c1-8-9-10-11-15(2,3)13-18-14-12-16(4,5)19-17(14,6)7/h14,18H,8-13H2,1-7H3. The van der Waals surface area contributed by atoms with Gasteiger partial charge in [0.15, 0.2) is 0 Å². The minimum Gasteiger partial charge on any atom is -0.368 e. The number of ether oxygens (including phenoxy) is 1. The molecule has 1 atom stereocenters. The smallest absolute Gasteiger partial charge is 0.0787 e. The highest BCUT2D eigenvalue weighted by molar-refractivity contribution is 4.99. The second-order valence-electron chi connectivity index (χ2n) is 8.22. The SMILES string of the molecule is CCCCCC(C)(C)CNC1CC(C)(C)OC1(C)C. The predicted octanol–water partition coefficient (Wildman–Crippen LogP) is 4.53. The molecule has 1 saturated heterocycles. The van der Waals surface area contributed by atoms with Crippen molar-refractivity contribution in [3.63, 3.8) is 0 Å². The van der Waals surface area contributed by atoms with Crippen LogP contribution >= 0.6 is 0 Å². The average molecular weight is 269 g/mol. The van der Waals surface area contributed by atoms with Crippen molar-refractivity contribution in [2.24, 2.45) is 5.41 Å². The van der Waals surface area contributed by atoms with Crippen molar-refractivity contribution in [2.45, 2.75) is 97.8 Å². The van der Waals surface area contributed by atoms with Gasteiger partial charge in [0.2, 0.25) is 0 Å². The Morgan fingerprint density at radius 3 is 2.26 bits per heavy atom. The molecule has 2 nitrogen and oxygen atoms in total. The summed E-state index contributed by atoms with van der Waals surface area (Å²) in [5.74, 6) is 0. The fraction of sp³-hybridized carbons (Fsp3) is 1.00. The third-order valence-corrected chi connectivity index (χ3v) is 4.36. The van der Waals surface area contributed by atoms with Crippen LogP contribution in [0.15, 0.2) is 0 Å². The Balaban J connectivity index is 2.43. The highest BCUT2D eigenvalue weighted by atomic mass is 16.5. The van der Waals surface area contributed by atoms with E-state index in [4.69, 9.17) is 4.74 Å². The zero-order chi connectivity index (χ0) is 14.7. The van der Waals surface area contributed by atoms with E-state index in [1.807, 2.05) is 0 Å². The molecule has 0 aromatic rings. The van der Waals surface area contributed by atoms with Crippen molar-refractivity contribution in [3.8, 4) is 0 Å². The third-order valence-electron chi connectivity index (χ3n) is 4.36. The van der Waals surface area contributed by atoms with Crippen LogP contribution in [0.25, 0.3) is 0 Å². The summed E-state index contributed by atoms with van der Waals surface area (Å²) >= 11 is 0. The summed E-state index contributed by atoms with van der Waals surface area (Å²) in [4.78, 5) is 0. The van der Waals surface area contributed by atoms with Crippen molar-refractivity contribution in [2.75, 3.05) is 6.54 Å². The monoisotopic (exact) mass is 269 g/mol. The topological polar surface area (TPSA) is 21.3 Å². The normalized spacial score (nSPS) is 25.7. The largest absolute Gasteiger partial charge is 0.368 e. The van der Waals surface area contributed by atoms with Crippen LogP contribution in [0.2, 0.25) is 0 Å². The zero-order valence-electron chi connectivity index (χ0n) is 14.2. The number of rotatable bonds is 7. The van der Waals surface area contributed by atoms with Crippen LogP contribution in [0.1, 0.15) is 80.6 Å². The Hall–Kier alpha value is -0.0800. The van der Waals surface area contributed by atoms with E-state index in [0.717, 1.165) is 13.0 Å². The lowest BCUT2D eigenvalue weighted by Gasteiger charge is -2.32. The van der Waals surface area contributed by atoms with Gasteiger partial charge >= 0.3 is 0 Å². The molecular formula is C17H35NO. The first-order chi connectivity index (χ1) is 8.58. The zero-order valence-corrected chi connectivity index (χ0v) is 14.2. The Kier molecular flexibility index (Phi) is 5.48. The van der Waals surface area contributed by atoms with E-state index >= 15 is 0 Å². The summed E-state index contributed by atoms with van der Waals surface area (Å²) < 4.78 is 6.15. The summed E-state index contributed by atoms with van der Waals surface area (Å²) in [6, 6.07) is 0.466. The number of hydrogen-bond donors (Lipinski definition) is 1. The molecule has 0 aromatic heterocycles. The number of unbranched alkanes of at least 4 members (excludes halogenated alkanes) is 2. The first-order valence-electron chi connectivity index (χ1n) is 8.02. The molecule has 1 aliphatic heterocycles. The van der Waals surface area contributed by atoms with Crippen LogP contribution in [0.5, 0.6) is 0 Å². The second kappa shape index (κ2) is 6.13. The fourth-order valence-electron chi connectivity index (χ4n) is 3.22. The maximum absolute atomic E-state index is 6.15. The van der Waals surface area contributed by atoms with Gasteiger partial charge in [-0.1, -0.05) is 40.0 Å². The van der Waals surface area contributed by atoms with E-state index < -0.39 is 0 Å². The van der Waals surface area contributed by atoms with Gasteiger partial charge in [0.25, 0.3) is 0 Å². The maximum atomic E-state index is 6.15. The van der Waals surface area contributed by atoms with Crippen LogP contribution in [0.3, 0.4) is 0 Å². The molecule has 2 heteroatoms. The molecule has 1 unspecified atom stereocenters. The summed E-state index contributed by atoms with van der Waals surface area (Å²) in [6.07, 6.45) is 6.42. The maximum Gasteiger partial charge on any atom is 0.0787 e. The lowest BCUT2D eigenvalue weighted by atomic mass is 9.85. The van der Waals surface area contributed by atoms with E-state index in [9.17, 15) is 0 Å². The molecule has 0 spiro atoms. The van der Waals surface area contributed by atoms with E-state index in [1.54, 1.807) is 0 Å². The Morgan fingerprint density at radius 1 is 1.16 bits per heavy atom. The van der Waals surface area contributed by atoms with Gasteiger partial charge in [0.05, 0.1) is 11.2 Å². The minimum atomic E-state index is -0.0526. The van der Waals surface area contributed by atoms with Gasteiger partial charge in [-0.3, -0.25) is 0 Å². The first kappa shape index (κ1) is 17.0. The molecule has 114 valence electrons. The summed E-state index contributed by atoms with van der Waals surface area (Å²) in [7, 11) is 0. The van der Waals surface area contributed by atoms with Crippen LogP contribution < -0.4 is 5.32 Å². The van der Waals surface area contributed by atoms with Gasteiger partial charge in [-0.05, 0) is 46.0 Å². The summed E-state index contributed by atoms with van der Waals surface area (Å²) in [6.45, 7) is 16.9. The van der Waals surface area contributed by atoms with Gasteiger partial charge in [-0.2, -0.15) is 0 Å². The molecule has 0 radical (unpaired) electrons. The van der Waals surface area contributed by atoms with Crippen molar-refractivity contribution in [3.05, 3.63) is 0 Å². The van der Waals surface area contributed by atoms with Gasteiger partial charge in [-0.25, -0.2) is 0 Å². The lowest BCUT2D eigenvalue weighted by Crippen LogP contribution is -2.46. The van der Waals surface area contributed by atoms with Crippen LogP contribution in [-0.2, 0) is 4.74 Å². The van der Waals surface area contributed by atoms with Crippen molar-refractivity contribution in [1.29, 1.82) is 0 Å². The van der Waals surface area contributed by atoms with E-state index in [2.05, 4.69) is 53.8 Å². The molecule has 19 heavy (non-hydrogen) atoms. The molecule has 0 bridgehead atoms. The molecule has 0 saturated carbocycles. The van der Waals surface area contributed by atoms with Crippen molar-refractivity contribution >= 4 is 0 Å². The molecule has 0 aromatic carbocycles. The molecule has 0 amide bonds. The van der Waals surface area contributed by atoms with Gasteiger partial charge < -0.3 is 10.1 Å². The fourth-order valence-corrected chi connectivity index (χ4v) is 3.22. The van der Waals surface area contributed by atoms with E-state index in [0.29, 0.717) is 11.5 Å². The van der Waals surface area contributed by atoms with Crippen molar-refractivity contribution < 1.29 is 4.74 Å². The van der Waals surface area contributed by atoms with Crippen LogP contribution in [0.4, 0.5) is 0 Å². The molecule has 1 rings (SSSR count). The Bertz CT molecular complexity index is 281. The number of hydrogen-bond acceptors (Lipinski definition) is 2. The molecule has 0 aliphatic carbocycles. The first-order valence-corrected chi connectivity index (χ1v) is 8.02. The van der Waals surface area contributed by atoms with Gasteiger partial charge in [0.1, 0.15) is 0 Å².